The molecule has 0 unspecified atom stereocenters. The predicted octanol–water partition coefficient (Wildman–Crippen LogP) is 4.32. The zero-order chi connectivity index (χ0) is 14.8. The van der Waals surface area contributed by atoms with Gasteiger partial charge >= 0.3 is 0 Å². The highest BCUT2D eigenvalue weighted by Crippen LogP contribution is 2.28. The van der Waals surface area contributed by atoms with Crippen LogP contribution in [0.25, 0.3) is 10.9 Å². The molecule has 0 aliphatic rings. The van der Waals surface area contributed by atoms with Crippen LogP contribution >= 0.6 is 0 Å². The van der Waals surface area contributed by atoms with E-state index < -0.39 is 0 Å². The largest absolute Gasteiger partial charge is 0.336 e. The first-order valence-electron chi connectivity index (χ1n) is 6.63. The number of aromatic nitrogens is 1. The summed E-state index contributed by atoms with van der Waals surface area (Å²) in [6.45, 7) is 3.92. The Bertz CT molecular complexity index is 806. The number of nitrogens with zero attached hydrogens (tertiary/aromatic N) is 2. The van der Waals surface area contributed by atoms with Crippen molar-refractivity contribution in [2.45, 2.75) is 6.04 Å². The van der Waals surface area contributed by atoms with Crippen molar-refractivity contribution in [3.05, 3.63) is 89.1 Å². The molecule has 104 valence electrons. The van der Waals surface area contributed by atoms with E-state index in [1.165, 1.54) is 6.07 Å². The summed E-state index contributed by atoms with van der Waals surface area (Å²) in [5, 5.41) is 11.7. The Hall–Kier alpha value is -2.88. The van der Waals surface area contributed by atoms with Crippen molar-refractivity contribution in [3.8, 4) is 0 Å². The molecule has 0 aliphatic carbocycles. The van der Waals surface area contributed by atoms with Crippen LogP contribution in [0, 0.1) is 10.1 Å². The second-order valence-electron chi connectivity index (χ2n) is 4.81. The molecule has 3 rings (SSSR count). The van der Waals surface area contributed by atoms with Crippen molar-refractivity contribution in [3.63, 3.8) is 0 Å². The molecule has 0 saturated heterocycles. The smallest absolute Gasteiger partial charge is 0.270 e. The normalized spacial score (nSPS) is 12.2. The van der Waals surface area contributed by atoms with Crippen molar-refractivity contribution in [2.24, 2.45) is 0 Å². The number of hydrogen-bond donors (Lipinski definition) is 0. The molecule has 1 heterocycles. The molecule has 0 aliphatic heterocycles. The van der Waals surface area contributed by atoms with E-state index in [1.54, 1.807) is 12.1 Å². The molecule has 0 radical (unpaired) electrons. The molecule has 0 fully saturated rings. The second-order valence-corrected chi connectivity index (χ2v) is 4.81. The minimum Gasteiger partial charge on any atom is -0.336 e. The van der Waals surface area contributed by atoms with Crippen LogP contribution in [-0.4, -0.2) is 9.49 Å². The molecular weight excluding hydrogens is 264 g/mol. The molecule has 3 aromatic rings. The molecule has 2 aromatic carbocycles. The van der Waals surface area contributed by atoms with Gasteiger partial charge in [0.15, 0.2) is 0 Å². The summed E-state index contributed by atoms with van der Waals surface area (Å²) in [5.41, 5.74) is 2.19. The van der Waals surface area contributed by atoms with Crippen molar-refractivity contribution in [2.75, 3.05) is 0 Å². The first-order chi connectivity index (χ1) is 10.2. The second kappa shape index (κ2) is 5.25. The number of nitro groups is 1. The van der Waals surface area contributed by atoms with Crippen molar-refractivity contribution in [1.29, 1.82) is 0 Å². The molecule has 1 aromatic heterocycles. The quantitative estimate of drug-likeness (QED) is 0.405. The number of non-ortho nitro benzene ring substituents is 1. The van der Waals surface area contributed by atoms with Crippen LogP contribution in [-0.2, 0) is 0 Å². The van der Waals surface area contributed by atoms with Gasteiger partial charge in [0.1, 0.15) is 0 Å². The maximum absolute atomic E-state index is 10.8. The van der Waals surface area contributed by atoms with E-state index in [0.717, 1.165) is 16.5 Å². The van der Waals surface area contributed by atoms with Gasteiger partial charge in [0.25, 0.3) is 5.69 Å². The van der Waals surface area contributed by atoms with Crippen LogP contribution < -0.4 is 0 Å². The lowest BCUT2D eigenvalue weighted by Gasteiger charge is -2.16. The highest BCUT2D eigenvalue weighted by atomic mass is 16.6. The molecule has 0 amide bonds. The summed E-state index contributed by atoms with van der Waals surface area (Å²) in [7, 11) is 0. The van der Waals surface area contributed by atoms with Gasteiger partial charge in [-0.15, -0.1) is 6.58 Å². The van der Waals surface area contributed by atoms with Crippen LogP contribution in [0.4, 0.5) is 5.69 Å². The Morgan fingerprint density at radius 1 is 1.14 bits per heavy atom. The fourth-order valence-corrected chi connectivity index (χ4v) is 2.57. The van der Waals surface area contributed by atoms with Gasteiger partial charge in [-0.1, -0.05) is 36.4 Å². The van der Waals surface area contributed by atoms with Gasteiger partial charge in [-0.3, -0.25) is 10.1 Å². The van der Waals surface area contributed by atoms with Crippen LogP contribution in [0.3, 0.4) is 0 Å². The Morgan fingerprint density at radius 2 is 1.90 bits per heavy atom. The Labute approximate surface area is 122 Å². The lowest BCUT2D eigenvalue weighted by Crippen LogP contribution is -2.06. The van der Waals surface area contributed by atoms with E-state index in [1.807, 2.05) is 48.7 Å². The monoisotopic (exact) mass is 278 g/mol. The predicted molar refractivity (Wildman–Crippen MR) is 83.4 cm³/mol. The molecule has 0 spiro atoms. The number of rotatable bonds is 4. The average Bonchev–Trinajstić information content (AvgIpc) is 2.92. The maximum Gasteiger partial charge on any atom is 0.270 e. The van der Waals surface area contributed by atoms with Gasteiger partial charge in [0, 0.05) is 29.2 Å². The van der Waals surface area contributed by atoms with Gasteiger partial charge in [0.05, 0.1) is 11.0 Å². The number of benzene rings is 2. The van der Waals surface area contributed by atoms with Crippen molar-refractivity contribution >= 4 is 16.6 Å². The maximum atomic E-state index is 10.8. The van der Waals surface area contributed by atoms with Crippen LogP contribution in [0.1, 0.15) is 11.6 Å². The summed E-state index contributed by atoms with van der Waals surface area (Å²) >= 11 is 0. The highest BCUT2D eigenvalue weighted by molar-refractivity contribution is 5.83. The van der Waals surface area contributed by atoms with E-state index in [-0.39, 0.29) is 16.7 Å². The molecule has 1 atom stereocenters. The molecular formula is C17H14N2O2. The number of nitro benzene ring substituents is 1. The van der Waals surface area contributed by atoms with Crippen molar-refractivity contribution < 1.29 is 4.92 Å². The third kappa shape index (κ3) is 2.31. The molecule has 4 nitrogen and oxygen atoms in total. The van der Waals surface area contributed by atoms with E-state index in [2.05, 4.69) is 11.1 Å². The standard InChI is InChI=1S/C17H14N2O2/c1-2-16(13-6-4-3-5-7-13)18-11-10-14-12-15(19(20)21)8-9-17(14)18/h2-12,16H,1H2/t16-/m1/s1. The minimum absolute atomic E-state index is 0.00477. The van der Waals surface area contributed by atoms with Crippen LogP contribution in [0.2, 0.25) is 0 Å². The molecule has 4 heteroatoms. The van der Waals surface area contributed by atoms with E-state index in [4.69, 9.17) is 0 Å². The summed E-state index contributed by atoms with van der Waals surface area (Å²) in [6.07, 6.45) is 3.81. The number of hydrogen-bond acceptors (Lipinski definition) is 2. The molecule has 21 heavy (non-hydrogen) atoms. The van der Waals surface area contributed by atoms with Gasteiger partial charge in [-0.25, -0.2) is 0 Å². The SMILES string of the molecule is C=C[C@H](c1ccccc1)n1ccc2cc([N+](=O)[O-])ccc21. The fourth-order valence-electron chi connectivity index (χ4n) is 2.57. The summed E-state index contributed by atoms with van der Waals surface area (Å²) < 4.78 is 2.07. The fraction of sp³-hybridized carbons (Fsp3) is 0.0588. The van der Waals surface area contributed by atoms with Gasteiger partial charge in [0.2, 0.25) is 0 Å². The zero-order valence-corrected chi connectivity index (χ0v) is 11.3. The summed E-state index contributed by atoms with van der Waals surface area (Å²) in [5.74, 6) is 0. The summed E-state index contributed by atoms with van der Waals surface area (Å²) in [6, 6.07) is 16.8. The molecule has 0 bridgehead atoms. The minimum atomic E-state index is -0.376. The van der Waals surface area contributed by atoms with Gasteiger partial charge < -0.3 is 4.57 Å². The Balaban J connectivity index is 2.12. The highest BCUT2D eigenvalue weighted by Gasteiger charge is 2.14. The van der Waals surface area contributed by atoms with Crippen LogP contribution in [0.5, 0.6) is 0 Å². The third-order valence-electron chi connectivity index (χ3n) is 3.58. The Kier molecular flexibility index (Phi) is 3.28. The van der Waals surface area contributed by atoms with Crippen molar-refractivity contribution in [1.82, 2.24) is 4.57 Å². The molecule has 0 N–H and O–H groups in total. The van der Waals surface area contributed by atoms with E-state index >= 15 is 0 Å². The topological polar surface area (TPSA) is 48.1 Å². The Morgan fingerprint density at radius 3 is 2.57 bits per heavy atom. The first kappa shape index (κ1) is 13.1. The summed E-state index contributed by atoms with van der Waals surface area (Å²) in [4.78, 5) is 10.5. The van der Waals surface area contributed by atoms with Gasteiger partial charge in [-0.2, -0.15) is 0 Å². The lowest BCUT2D eigenvalue weighted by molar-refractivity contribution is -0.384. The average molecular weight is 278 g/mol. The zero-order valence-electron chi connectivity index (χ0n) is 11.3. The van der Waals surface area contributed by atoms with Crippen LogP contribution in [0.15, 0.2) is 73.4 Å². The lowest BCUT2D eigenvalue weighted by atomic mass is 10.1. The van der Waals surface area contributed by atoms with E-state index in [0.29, 0.717) is 0 Å². The van der Waals surface area contributed by atoms with E-state index in [9.17, 15) is 10.1 Å². The molecule has 0 saturated carbocycles. The first-order valence-corrected chi connectivity index (χ1v) is 6.63. The number of fused-ring (bicyclic) bond motifs is 1. The third-order valence-corrected chi connectivity index (χ3v) is 3.58. The number of allylic oxidation sites excluding steroid dienone is 1. The van der Waals surface area contributed by atoms with Gasteiger partial charge in [-0.05, 0) is 17.7 Å².